The molecule has 35 heavy (non-hydrogen) atoms. The molecule has 0 saturated heterocycles. The largest absolute Gasteiger partial charge is 0.490 e. The zero-order valence-electron chi connectivity index (χ0n) is 20.0. The van der Waals surface area contributed by atoms with E-state index < -0.39 is 22.5 Å². The van der Waals surface area contributed by atoms with E-state index in [9.17, 15) is 13.2 Å². The molecule has 0 atom stereocenters. The van der Waals surface area contributed by atoms with Gasteiger partial charge in [-0.1, -0.05) is 35.4 Å². The average molecular weight is 517 g/mol. The van der Waals surface area contributed by atoms with E-state index in [1.54, 1.807) is 48.5 Å². The summed E-state index contributed by atoms with van der Waals surface area (Å²) in [6, 6.07) is 18.2. The molecule has 7 nitrogen and oxygen atoms in total. The highest BCUT2D eigenvalue weighted by molar-refractivity contribution is 7.92. The monoisotopic (exact) mass is 516 g/mol. The SMILES string of the molecule is CCOc1ccc(CNC(=O)CN(c2ccc(Cl)cc2)S(=O)(=O)c2ccc(C)cc2)cc1OCC. The van der Waals surface area contributed by atoms with Gasteiger partial charge in [0.2, 0.25) is 5.91 Å². The number of sulfonamides is 1. The first-order chi connectivity index (χ1) is 16.7. The van der Waals surface area contributed by atoms with E-state index in [0.29, 0.717) is 35.4 Å². The Bertz CT molecular complexity index is 1250. The van der Waals surface area contributed by atoms with Crippen molar-refractivity contribution in [2.45, 2.75) is 32.2 Å². The quantitative estimate of drug-likeness (QED) is 0.389. The lowest BCUT2D eigenvalue weighted by atomic mass is 10.2. The van der Waals surface area contributed by atoms with Gasteiger partial charge in [0, 0.05) is 11.6 Å². The van der Waals surface area contributed by atoms with Crippen LogP contribution in [0.25, 0.3) is 0 Å². The maximum Gasteiger partial charge on any atom is 0.264 e. The Kier molecular flexibility index (Phi) is 9.01. The highest BCUT2D eigenvalue weighted by atomic mass is 35.5. The standard InChI is InChI=1S/C26H29ClN2O5S/c1-4-33-24-15-8-20(16-25(24)34-5-2)17-28-26(30)18-29(22-11-9-21(27)10-12-22)35(31,32)23-13-6-19(3)7-14-23/h6-16H,4-5,17-18H2,1-3H3,(H,28,30). The van der Waals surface area contributed by atoms with Crippen LogP contribution in [0.5, 0.6) is 11.5 Å². The van der Waals surface area contributed by atoms with Crippen LogP contribution in [0.1, 0.15) is 25.0 Å². The van der Waals surface area contributed by atoms with Gasteiger partial charge in [-0.15, -0.1) is 0 Å². The van der Waals surface area contributed by atoms with Gasteiger partial charge < -0.3 is 14.8 Å². The molecular weight excluding hydrogens is 488 g/mol. The third-order valence-corrected chi connectivity index (χ3v) is 7.15. The molecule has 1 amide bonds. The van der Waals surface area contributed by atoms with E-state index in [1.165, 1.54) is 12.1 Å². The first-order valence-electron chi connectivity index (χ1n) is 11.2. The number of nitrogens with zero attached hydrogens (tertiary/aromatic N) is 1. The first-order valence-corrected chi connectivity index (χ1v) is 13.1. The topological polar surface area (TPSA) is 84.9 Å². The number of carbonyl (C=O) groups excluding carboxylic acids is 1. The minimum Gasteiger partial charge on any atom is -0.490 e. The lowest BCUT2D eigenvalue weighted by Gasteiger charge is -2.24. The molecule has 0 radical (unpaired) electrons. The third-order valence-electron chi connectivity index (χ3n) is 5.11. The van der Waals surface area contributed by atoms with Gasteiger partial charge in [0.05, 0.1) is 23.8 Å². The van der Waals surface area contributed by atoms with Crippen molar-refractivity contribution >= 4 is 33.2 Å². The van der Waals surface area contributed by atoms with Crippen LogP contribution in [0.15, 0.2) is 71.6 Å². The molecule has 0 unspecified atom stereocenters. The second-order valence-electron chi connectivity index (χ2n) is 7.72. The fraction of sp³-hybridized carbons (Fsp3) is 0.269. The fourth-order valence-corrected chi connectivity index (χ4v) is 4.90. The number of hydrogen-bond donors (Lipinski definition) is 1. The summed E-state index contributed by atoms with van der Waals surface area (Å²) in [6.45, 7) is 6.43. The Labute approximate surface area is 211 Å². The Morgan fingerprint density at radius 3 is 2.17 bits per heavy atom. The van der Waals surface area contributed by atoms with Gasteiger partial charge in [-0.2, -0.15) is 0 Å². The van der Waals surface area contributed by atoms with Gasteiger partial charge >= 0.3 is 0 Å². The number of amides is 1. The maximum absolute atomic E-state index is 13.4. The van der Waals surface area contributed by atoms with Crippen molar-refractivity contribution in [2.75, 3.05) is 24.1 Å². The number of ether oxygens (including phenoxy) is 2. The molecule has 0 heterocycles. The number of rotatable bonds is 11. The number of aryl methyl sites for hydroxylation is 1. The summed E-state index contributed by atoms with van der Waals surface area (Å²) in [5.41, 5.74) is 2.07. The molecule has 0 saturated carbocycles. The van der Waals surface area contributed by atoms with E-state index in [-0.39, 0.29) is 11.4 Å². The summed E-state index contributed by atoms with van der Waals surface area (Å²) >= 11 is 5.99. The van der Waals surface area contributed by atoms with Crippen molar-refractivity contribution in [1.29, 1.82) is 0 Å². The van der Waals surface area contributed by atoms with Crippen molar-refractivity contribution in [2.24, 2.45) is 0 Å². The number of anilines is 1. The number of nitrogens with one attached hydrogen (secondary N) is 1. The Morgan fingerprint density at radius 2 is 1.54 bits per heavy atom. The molecule has 0 aliphatic rings. The lowest BCUT2D eigenvalue weighted by molar-refractivity contribution is -0.119. The second-order valence-corrected chi connectivity index (χ2v) is 10.0. The van der Waals surface area contributed by atoms with E-state index >= 15 is 0 Å². The molecular formula is C26H29ClN2O5S. The van der Waals surface area contributed by atoms with Crippen LogP contribution in [-0.2, 0) is 21.4 Å². The van der Waals surface area contributed by atoms with Gasteiger partial charge in [0.15, 0.2) is 11.5 Å². The van der Waals surface area contributed by atoms with Crippen molar-refractivity contribution in [3.63, 3.8) is 0 Å². The molecule has 0 bridgehead atoms. The normalized spacial score (nSPS) is 11.1. The van der Waals surface area contributed by atoms with Gasteiger partial charge in [-0.25, -0.2) is 8.42 Å². The predicted octanol–water partition coefficient (Wildman–Crippen LogP) is 4.96. The minimum atomic E-state index is -3.99. The van der Waals surface area contributed by atoms with Crippen molar-refractivity contribution in [3.8, 4) is 11.5 Å². The van der Waals surface area contributed by atoms with Crippen LogP contribution in [0.2, 0.25) is 5.02 Å². The fourth-order valence-electron chi connectivity index (χ4n) is 3.35. The number of hydrogen-bond acceptors (Lipinski definition) is 5. The zero-order valence-corrected chi connectivity index (χ0v) is 21.5. The molecule has 0 aliphatic carbocycles. The Hall–Kier alpha value is -3.23. The lowest BCUT2D eigenvalue weighted by Crippen LogP contribution is -2.40. The van der Waals surface area contributed by atoms with Crippen LogP contribution < -0.4 is 19.1 Å². The van der Waals surface area contributed by atoms with E-state index in [1.807, 2.05) is 26.8 Å². The molecule has 0 spiro atoms. The summed E-state index contributed by atoms with van der Waals surface area (Å²) in [7, 11) is -3.99. The molecule has 3 aromatic rings. The molecule has 186 valence electrons. The van der Waals surface area contributed by atoms with E-state index in [0.717, 1.165) is 15.4 Å². The van der Waals surface area contributed by atoms with E-state index in [2.05, 4.69) is 5.32 Å². The summed E-state index contributed by atoms with van der Waals surface area (Å²) in [5.74, 6) is 0.760. The van der Waals surface area contributed by atoms with Gasteiger partial charge in [-0.3, -0.25) is 9.10 Å². The second kappa shape index (κ2) is 12.0. The van der Waals surface area contributed by atoms with Gasteiger partial charge in [0.1, 0.15) is 6.54 Å². The molecule has 0 fully saturated rings. The zero-order chi connectivity index (χ0) is 25.4. The number of benzene rings is 3. The summed E-state index contributed by atoms with van der Waals surface area (Å²) in [5, 5.41) is 3.26. The molecule has 0 aliphatic heterocycles. The summed E-state index contributed by atoms with van der Waals surface area (Å²) in [4.78, 5) is 13.0. The van der Waals surface area contributed by atoms with Crippen LogP contribution in [0.3, 0.4) is 0 Å². The van der Waals surface area contributed by atoms with Crippen LogP contribution in [-0.4, -0.2) is 34.1 Å². The molecule has 1 N–H and O–H groups in total. The highest BCUT2D eigenvalue weighted by Gasteiger charge is 2.27. The number of carbonyl (C=O) groups is 1. The molecule has 9 heteroatoms. The van der Waals surface area contributed by atoms with Gasteiger partial charge in [-0.05, 0) is 74.9 Å². The maximum atomic E-state index is 13.4. The van der Waals surface area contributed by atoms with Gasteiger partial charge in [0.25, 0.3) is 10.0 Å². The smallest absolute Gasteiger partial charge is 0.264 e. The minimum absolute atomic E-state index is 0.0960. The Morgan fingerprint density at radius 1 is 0.914 bits per heavy atom. The molecule has 3 aromatic carbocycles. The van der Waals surface area contributed by atoms with Crippen LogP contribution in [0.4, 0.5) is 5.69 Å². The summed E-state index contributed by atoms with van der Waals surface area (Å²) < 4.78 is 39.2. The third kappa shape index (κ3) is 6.90. The Balaban J connectivity index is 1.80. The van der Waals surface area contributed by atoms with Crippen LogP contribution in [0, 0.1) is 6.92 Å². The average Bonchev–Trinajstić information content (AvgIpc) is 2.84. The molecule has 3 rings (SSSR count). The summed E-state index contributed by atoms with van der Waals surface area (Å²) in [6.07, 6.45) is 0. The predicted molar refractivity (Wildman–Crippen MR) is 138 cm³/mol. The molecule has 0 aromatic heterocycles. The van der Waals surface area contributed by atoms with Crippen molar-refractivity contribution in [1.82, 2.24) is 5.32 Å². The highest BCUT2D eigenvalue weighted by Crippen LogP contribution is 2.29. The van der Waals surface area contributed by atoms with E-state index in [4.69, 9.17) is 21.1 Å². The van der Waals surface area contributed by atoms with Crippen molar-refractivity contribution in [3.05, 3.63) is 82.9 Å². The number of halogens is 1. The van der Waals surface area contributed by atoms with Crippen molar-refractivity contribution < 1.29 is 22.7 Å². The van der Waals surface area contributed by atoms with Crippen LogP contribution >= 0.6 is 11.6 Å². The first kappa shape index (κ1) is 26.4.